The largest absolute Gasteiger partial charge is 0.480 e. The van der Waals surface area contributed by atoms with Gasteiger partial charge in [-0.05, 0) is 26.2 Å². The number of rotatable bonds is 3. The fourth-order valence-electron chi connectivity index (χ4n) is 1.47. The van der Waals surface area contributed by atoms with Crippen LogP contribution in [0.1, 0.15) is 24.3 Å². The highest BCUT2D eigenvalue weighted by Crippen LogP contribution is 2.36. The fourth-order valence-corrected chi connectivity index (χ4v) is 2.16. The third-order valence-corrected chi connectivity index (χ3v) is 3.24. The molecule has 14 heavy (non-hydrogen) atoms. The monoisotopic (exact) mass is 213 g/mol. The minimum Gasteiger partial charge on any atom is -0.480 e. The first-order valence-electron chi connectivity index (χ1n) is 4.44. The second-order valence-corrected chi connectivity index (χ2v) is 4.67. The molecule has 1 aromatic heterocycles. The van der Waals surface area contributed by atoms with Gasteiger partial charge in [-0.15, -0.1) is 10.2 Å². The summed E-state index contributed by atoms with van der Waals surface area (Å²) in [6.07, 6.45) is 2.29. The van der Waals surface area contributed by atoms with Crippen molar-refractivity contribution in [2.45, 2.75) is 31.7 Å². The molecule has 1 fully saturated rings. The SMILES string of the molecule is Cc1nnc(NC2(C(=O)O)CCC2)s1. The summed E-state index contributed by atoms with van der Waals surface area (Å²) in [6, 6.07) is 0. The quantitative estimate of drug-likeness (QED) is 0.790. The second kappa shape index (κ2) is 3.20. The Bertz CT molecular complexity index is 359. The van der Waals surface area contributed by atoms with E-state index >= 15 is 0 Å². The van der Waals surface area contributed by atoms with Gasteiger partial charge < -0.3 is 10.4 Å². The first-order chi connectivity index (χ1) is 6.62. The zero-order valence-electron chi connectivity index (χ0n) is 7.78. The number of carboxylic acids is 1. The maximum absolute atomic E-state index is 11.0. The molecule has 2 N–H and O–H groups in total. The van der Waals surface area contributed by atoms with E-state index in [-0.39, 0.29) is 0 Å². The van der Waals surface area contributed by atoms with Crippen LogP contribution in [-0.4, -0.2) is 26.8 Å². The Morgan fingerprint density at radius 2 is 2.29 bits per heavy atom. The molecular formula is C8H11N3O2S. The summed E-state index contributed by atoms with van der Waals surface area (Å²) in [5.41, 5.74) is -0.786. The minimum absolute atomic E-state index is 0.601. The van der Waals surface area contributed by atoms with Gasteiger partial charge in [0.2, 0.25) is 5.13 Å². The van der Waals surface area contributed by atoms with Gasteiger partial charge in [-0.25, -0.2) is 4.79 Å². The molecule has 6 heteroatoms. The highest BCUT2D eigenvalue weighted by atomic mass is 32.1. The van der Waals surface area contributed by atoms with Gasteiger partial charge in [-0.2, -0.15) is 0 Å². The molecule has 0 amide bonds. The van der Waals surface area contributed by atoms with Gasteiger partial charge >= 0.3 is 5.97 Å². The summed E-state index contributed by atoms with van der Waals surface area (Å²) in [4.78, 5) is 11.0. The molecular weight excluding hydrogens is 202 g/mol. The van der Waals surface area contributed by atoms with Gasteiger partial charge in [0.1, 0.15) is 10.5 Å². The van der Waals surface area contributed by atoms with Crippen molar-refractivity contribution in [1.29, 1.82) is 0 Å². The van der Waals surface area contributed by atoms with Crippen LogP contribution in [0, 0.1) is 6.92 Å². The van der Waals surface area contributed by atoms with Crippen LogP contribution in [-0.2, 0) is 4.79 Å². The molecule has 1 heterocycles. The second-order valence-electron chi connectivity index (χ2n) is 3.49. The van der Waals surface area contributed by atoms with E-state index in [1.807, 2.05) is 6.92 Å². The number of aryl methyl sites for hydroxylation is 1. The van der Waals surface area contributed by atoms with E-state index < -0.39 is 11.5 Å². The van der Waals surface area contributed by atoms with Crippen LogP contribution < -0.4 is 5.32 Å². The van der Waals surface area contributed by atoms with Crippen molar-refractivity contribution in [2.75, 3.05) is 5.32 Å². The molecule has 2 rings (SSSR count). The molecule has 1 saturated carbocycles. The number of nitrogens with zero attached hydrogens (tertiary/aromatic N) is 2. The molecule has 5 nitrogen and oxygen atoms in total. The summed E-state index contributed by atoms with van der Waals surface area (Å²) in [5.74, 6) is -0.795. The number of aromatic nitrogens is 2. The summed E-state index contributed by atoms with van der Waals surface area (Å²) in [6.45, 7) is 1.84. The molecule has 76 valence electrons. The molecule has 1 aliphatic carbocycles. The van der Waals surface area contributed by atoms with Crippen LogP contribution in [0.25, 0.3) is 0 Å². The molecule has 0 radical (unpaired) electrons. The van der Waals surface area contributed by atoms with Gasteiger partial charge in [0.05, 0.1) is 0 Å². The highest BCUT2D eigenvalue weighted by Gasteiger charge is 2.45. The number of hydrogen-bond acceptors (Lipinski definition) is 5. The number of aliphatic carboxylic acids is 1. The Kier molecular flexibility index (Phi) is 2.14. The number of anilines is 1. The van der Waals surface area contributed by atoms with Crippen LogP contribution in [0.4, 0.5) is 5.13 Å². The smallest absolute Gasteiger partial charge is 0.329 e. The highest BCUT2D eigenvalue weighted by molar-refractivity contribution is 7.15. The first-order valence-corrected chi connectivity index (χ1v) is 5.26. The lowest BCUT2D eigenvalue weighted by atomic mass is 9.77. The number of carboxylic acid groups (broad SMARTS) is 1. The standard InChI is InChI=1S/C8H11N3O2S/c1-5-10-11-7(14-5)9-8(6(12)13)3-2-4-8/h2-4H2,1H3,(H,9,11)(H,12,13). The van der Waals surface area contributed by atoms with Gasteiger partial charge in [0, 0.05) is 0 Å². The van der Waals surface area contributed by atoms with E-state index in [2.05, 4.69) is 15.5 Å². The van der Waals surface area contributed by atoms with E-state index in [0.717, 1.165) is 11.4 Å². The zero-order chi connectivity index (χ0) is 10.2. The van der Waals surface area contributed by atoms with Crippen LogP contribution in [0.5, 0.6) is 0 Å². The lowest BCUT2D eigenvalue weighted by molar-refractivity contribution is -0.145. The third-order valence-electron chi connectivity index (χ3n) is 2.49. The summed E-state index contributed by atoms with van der Waals surface area (Å²) >= 11 is 1.38. The van der Waals surface area contributed by atoms with Crippen molar-refractivity contribution in [2.24, 2.45) is 0 Å². The maximum atomic E-state index is 11.0. The number of hydrogen-bond donors (Lipinski definition) is 2. The topological polar surface area (TPSA) is 75.1 Å². The maximum Gasteiger partial charge on any atom is 0.329 e. The van der Waals surface area contributed by atoms with Gasteiger partial charge in [-0.3, -0.25) is 0 Å². The molecule has 0 atom stereocenters. The lowest BCUT2D eigenvalue weighted by Gasteiger charge is -2.37. The third kappa shape index (κ3) is 1.45. The van der Waals surface area contributed by atoms with E-state index in [0.29, 0.717) is 18.0 Å². The van der Waals surface area contributed by atoms with Crippen LogP contribution in [0.15, 0.2) is 0 Å². The Morgan fingerprint density at radius 3 is 2.64 bits per heavy atom. The van der Waals surface area contributed by atoms with E-state index in [1.54, 1.807) is 0 Å². The average molecular weight is 213 g/mol. The van der Waals surface area contributed by atoms with E-state index in [4.69, 9.17) is 5.11 Å². The molecule has 1 aromatic rings. The molecule has 0 aromatic carbocycles. The molecule has 0 unspecified atom stereocenters. The first kappa shape index (κ1) is 9.39. The Morgan fingerprint density at radius 1 is 1.57 bits per heavy atom. The zero-order valence-corrected chi connectivity index (χ0v) is 8.60. The predicted molar refractivity (Wildman–Crippen MR) is 52.5 cm³/mol. The summed E-state index contributed by atoms with van der Waals surface area (Å²) in [5, 5.41) is 21.1. The van der Waals surface area contributed by atoms with Gasteiger partial charge in [0.25, 0.3) is 0 Å². The van der Waals surface area contributed by atoms with Crippen LogP contribution in [0.2, 0.25) is 0 Å². The predicted octanol–water partition coefficient (Wildman–Crippen LogP) is 1.27. The van der Waals surface area contributed by atoms with Gasteiger partial charge in [-0.1, -0.05) is 11.3 Å². The van der Waals surface area contributed by atoms with E-state index in [9.17, 15) is 4.79 Å². The molecule has 0 aliphatic heterocycles. The minimum atomic E-state index is -0.795. The molecule has 0 bridgehead atoms. The van der Waals surface area contributed by atoms with Crippen LogP contribution >= 0.6 is 11.3 Å². The van der Waals surface area contributed by atoms with Crippen molar-refractivity contribution in [1.82, 2.24) is 10.2 Å². The lowest BCUT2D eigenvalue weighted by Crippen LogP contribution is -2.52. The summed E-state index contributed by atoms with van der Waals surface area (Å²) < 4.78 is 0. The van der Waals surface area contributed by atoms with Crippen LogP contribution in [0.3, 0.4) is 0 Å². The normalized spacial score (nSPS) is 18.6. The molecule has 1 aliphatic rings. The molecule has 0 spiro atoms. The Hall–Kier alpha value is -1.17. The summed E-state index contributed by atoms with van der Waals surface area (Å²) in [7, 11) is 0. The van der Waals surface area contributed by atoms with Crippen molar-refractivity contribution in [3.8, 4) is 0 Å². The Labute approximate surface area is 85.2 Å². The van der Waals surface area contributed by atoms with Gasteiger partial charge in [0.15, 0.2) is 0 Å². The van der Waals surface area contributed by atoms with E-state index in [1.165, 1.54) is 11.3 Å². The van der Waals surface area contributed by atoms with Crippen molar-refractivity contribution < 1.29 is 9.90 Å². The average Bonchev–Trinajstić information content (AvgIpc) is 2.43. The number of carbonyl (C=O) groups is 1. The Balaban J connectivity index is 2.12. The van der Waals surface area contributed by atoms with Crippen molar-refractivity contribution >= 4 is 22.4 Å². The molecule has 0 saturated heterocycles. The fraction of sp³-hybridized carbons (Fsp3) is 0.625. The van der Waals surface area contributed by atoms with Crippen molar-refractivity contribution in [3.05, 3.63) is 5.01 Å². The van der Waals surface area contributed by atoms with Crippen molar-refractivity contribution in [3.63, 3.8) is 0 Å². The number of nitrogens with one attached hydrogen (secondary N) is 1.